The number of carbonyl (C=O) groups is 1. The first kappa shape index (κ1) is 28.0. The molecule has 210 valence electrons. The molecule has 0 spiro atoms. The van der Waals surface area contributed by atoms with Crippen LogP contribution in [0.15, 0.2) is 102 Å². The van der Waals surface area contributed by atoms with Crippen LogP contribution in [-0.4, -0.2) is 17.5 Å². The van der Waals surface area contributed by atoms with Gasteiger partial charge in [-0.15, -0.1) is 0 Å². The van der Waals surface area contributed by atoms with Crippen molar-refractivity contribution in [2.45, 2.75) is 12.5 Å². The van der Waals surface area contributed by atoms with Gasteiger partial charge in [0.1, 0.15) is 35.5 Å². The second-order valence-electron chi connectivity index (χ2n) is 9.06. The number of halogens is 1. The Kier molecular flexibility index (Phi) is 8.22. The number of nitrogens with two attached hydrogens (primary N) is 1. The molecular formula is C31H22ClN3O7. The van der Waals surface area contributed by atoms with Crippen LogP contribution < -0.4 is 24.7 Å². The maximum absolute atomic E-state index is 12.4. The topological polar surface area (TPSA) is 147 Å². The van der Waals surface area contributed by atoms with E-state index in [1.165, 1.54) is 24.3 Å². The number of hydrogen-bond acceptors (Lipinski definition) is 9. The smallest absolute Gasteiger partial charge is 0.349 e. The first-order valence-electron chi connectivity index (χ1n) is 12.6. The Morgan fingerprint density at radius 2 is 1.71 bits per heavy atom. The van der Waals surface area contributed by atoms with Crippen LogP contribution in [0.4, 0.5) is 5.69 Å². The van der Waals surface area contributed by atoms with Gasteiger partial charge in [0, 0.05) is 28.3 Å². The van der Waals surface area contributed by atoms with Crippen molar-refractivity contribution in [2.75, 3.05) is 6.61 Å². The number of nitrogens with zero attached hydrogens (tertiary/aromatic N) is 2. The third-order valence-corrected chi connectivity index (χ3v) is 6.76. The Balaban J connectivity index is 1.30. The van der Waals surface area contributed by atoms with Crippen molar-refractivity contribution >= 4 is 23.3 Å². The third kappa shape index (κ3) is 6.11. The van der Waals surface area contributed by atoms with Gasteiger partial charge >= 0.3 is 11.7 Å². The van der Waals surface area contributed by atoms with E-state index in [1.54, 1.807) is 36.4 Å². The molecule has 2 N–H and O–H groups in total. The van der Waals surface area contributed by atoms with Crippen molar-refractivity contribution in [3.05, 3.63) is 134 Å². The summed E-state index contributed by atoms with van der Waals surface area (Å²) >= 11 is 6.21. The van der Waals surface area contributed by atoms with Crippen LogP contribution >= 0.6 is 11.6 Å². The second kappa shape index (κ2) is 12.3. The van der Waals surface area contributed by atoms with Gasteiger partial charge in [0.25, 0.3) is 0 Å². The highest BCUT2D eigenvalue weighted by Gasteiger charge is 2.31. The fourth-order valence-electron chi connectivity index (χ4n) is 4.40. The first-order chi connectivity index (χ1) is 20.3. The van der Waals surface area contributed by atoms with Crippen LogP contribution in [0.1, 0.15) is 22.6 Å². The zero-order valence-electron chi connectivity index (χ0n) is 21.9. The summed E-state index contributed by atoms with van der Waals surface area (Å²) in [6.07, 6.45) is 0. The number of nitro benzene ring substituents is 1. The van der Waals surface area contributed by atoms with E-state index in [9.17, 15) is 20.2 Å². The van der Waals surface area contributed by atoms with Crippen LogP contribution in [0.2, 0.25) is 5.02 Å². The van der Waals surface area contributed by atoms with Gasteiger partial charge in [-0.05, 0) is 35.9 Å². The second-order valence-corrected chi connectivity index (χ2v) is 9.47. The first-order valence-corrected chi connectivity index (χ1v) is 13.0. The van der Waals surface area contributed by atoms with Crippen molar-refractivity contribution < 1.29 is 28.7 Å². The summed E-state index contributed by atoms with van der Waals surface area (Å²) in [5.74, 6) is -0.389. The maximum atomic E-state index is 12.4. The number of esters is 1. The van der Waals surface area contributed by atoms with Gasteiger partial charge in [-0.3, -0.25) is 10.1 Å². The number of ether oxygens (including phenoxy) is 4. The molecule has 0 aromatic heterocycles. The van der Waals surface area contributed by atoms with Crippen molar-refractivity contribution in [2.24, 2.45) is 5.73 Å². The zero-order chi connectivity index (χ0) is 29.6. The average Bonchev–Trinajstić information content (AvgIpc) is 2.99. The van der Waals surface area contributed by atoms with Crippen molar-refractivity contribution in [3.63, 3.8) is 0 Å². The lowest BCUT2D eigenvalue weighted by molar-refractivity contribution is -0.385. The normalized spacial score (nSPS) is 13.8. The van der Waals surface area contributed by atoms with Crippen molar-refractivity contribution in [3.8, 4) is 29.1 Å². The zero-order valence-corrected chi connectivity index (χ0v) is 22.6. The van der Waals surface area contributed by atoms with Crippen molar-refractivity contribution in [1.82, 2.24) is 0 Å². The third-order valence-electron chi connectivity index (χ3n) is 6.40. The molecule has 1 unspecified atom stereocenters. The number of fused-ring (bicyclic) bond motifs is 1. The van der Waals surface area contributed by atoms with Gasteiger partial charge in [-0.2, -0.15) is 5.26 Å². The molecule has 42 heavy (non-hydrogen) atoms. The Morgan fingerprint density at radius 1 is 1.00 bits per heavy atom. The number of allylic oxidation sites excluding steroid dienone is 1. The summed E-state index contributed by atoms with van der Waals surface area (Å²) in [6, 6.07) is 27.2. The monoisotopic (exact) mass is 583 g/mol. The fourth-order valence-corrected chi connectivity index (χ4v) is 4.59. The molecule has 0 radical (unpaired) electrons. The molecule has 1 atom stereocenters. The van der Waals surface area contributed by atoms with Crippen LogP contribution in [0.5, 0.6) is 23.0 Å². The van der Waals surface area contributed by atoms with Crippen LogP contribution in [0.25, 0.3) is 0 Å². The van der Waals surface area contributed by atoms with E-state index < -0.39 is 23.4 Å². The summed E-state index contributed by atoms with van der Waals surface area (Å²) in [5.41, 5.74) is 8.33. The molecule has 11 heteroatoms. The summed E-state index contributed by atoms with van der Waals surface area (Å²) < 4.78 is 22.2. The summed E-state index contributed by atoms with van der Waals surface area (Å²) in [5, 5.41) is 21.6. The molecule has 1 aliphatic rings. The molecule has 5 rings (SSSR count). The molecule has 0 amide bonds. The molecule has 1 heterocycles. The van der Waals surface area contributed by atoms with Gasteiger partial charge < -0.3 is 24.7 Å². The lowest BCUT2D eigenvalue weighted by atomic mass is 9.83. The van der Waals surface area contributed by atoms with E-state index >= 15 is 0 Å². The molecule has 4 aromatic carbocycles. The van der Waals surface area contributed by atoms with Crippen LogP contribution in [-0.2, 0) is 11.4 Å². The minimum atomic E-state index is -0.783. The van der Waals surface area contributed by atoms with Gasteiger partial charge in [0.05, 0.1) is 10.8 Å². The van der Waals surface area contributed by atoms with Crippen LogP contribution in [0, 0.1) is 21.4 Å². The molecule has 0 bridgehead atoms. The Hall–Kier alpha value is -5.53. The predicted octanol–water partition coefficient (Wildman–Crippen LogP) is 6.03. The Bertz CT molecular complexity index is 1730. The fraction of sp³-hybridized carbons (Fsp3) is 0.0968. The lowest BCUT2D eigenvalue weighted by Crippen LogP contribution is -2.21. The minimum absolute atomic E-state index is 0.0571. The van der Waals surface area contributed by atoms with E-state index in [-0.39, 0.29) is 28.6 Å². The summed E-state index contributed by atoms with van der Waals surface area (Å²) in [4.78, 5) is 23.0. The standard InChI is InChI=1S/C31H22ClN3O7/c32-25-6-2-1-5-20(25)17-39-21-11-9-19(10-12-21)30-23-14-13-22(15-28(23)42-31(34)24(30)16-33)41-29(36)18-40-27-8-4-3-7-26(27)35(37)38/h1-15,30H,17-18,34H2. The summed E-state index contributed by atoms with van der Waals surface area (Å²) in [7, 11) is 0. The highest BCUT2D eigenvalue weighted by molar-refractivity contribution is 6.31. The molecule has 10 nitrogen and oxygen atoms in total. The number of nitro groups is 1. The quantitative estimate of drug-likeness (QED) is 0.108. The number of nitriles is 1. The van der Waals surface area contributed by atoms with Gasteiger partial charge in [-0.1, -0.05) is 60.1 Å². The van der Waals surface area contributed by atoms with E-state index in [0.717, 1.165) is 11.1 Å². The number of hydrogen-bond donors (Lipinski definition) is 1. The van der Waals surface area contributed by atoms with Crippen LogP contribution in [0.3, 0.4) is 0 Å². The predicted molar refractivity (Wildman–Crippen MR) is 152 cm³/mol. The number of benzene rings is 4. The van der Waals surface area contributed by atoms with E-state index in [2.05, 4.69) is 6.07 Å². The summed E-state index contributed by atoms with van der Waals surface area (Å²) in [6.45, 7) is -0.263. The van der Waals surface area contributed by atoms with E-state index in [4.69, 9.17) is 36.3 Å². The highest BCUT2D eigenvalue weighted by atomic mass is 35.5. The lowest BCUT2D eigenvalue weighted by Gasteiger charge is -2.26. The molecular weight excluding hydrogens is 562 g/mol. The maximum Gasteiger partial charge on any atom is 0.349 e. The van der Waals surface area contributed by atoms with Gasteiger partial charge in [0.15, 0.2) is 12.4 Å². The average molecular weight is 584 g/mol. The van der Waals surface area contributed by atoms with E-state index in [1.807, 2.05) is 30.3 Å². The molecule has 1 aliphatic heterocycles. The molecule has 0 saturated heterocycles. The van der Waals surface area contributed by atoms with Crippen molar-refractivity contribution in [1.29, 1.82) is 5.26 Å². The molecule has 0 aliphatic carbocycles. The number of carbonyl (C=O) groups excluding carboxylic acids is 1. The minimum Gasteiger partial charge on any atom is -0.489 e. The van der Waals surface area contributed by atoms with Gasteiger partial charge in [-0.25, -0.2) is 4.79 Å². The SMILES string of the molecule is N#CC1=C(N)Oc2cc(OC(=O)COc3ccccc3[N+](=O)[O-])ccc2C1c1ccc(OCc2ccccc2Cl)cc1. The van der Waals surface area contributed by atoms with Gasteiger partial charge in [0.2, 0.25) is 5.88 Å². The molecule has 4 aromatic rings. The molecule has 0 fully saturated rings. The highest BCUT2D eigenvalue weighted by Crippen LogP contribution is 2.43. The largest absolute Gasteiger partial charge is 0.489 e. The Labute approximate surface area is 245 Å². The van der Waals surface area contributed by atoms with E-state index in [0.29, 0.717) is 28.7 Å². The Morgan fingerprint density at radius 3 is 2.45 bits per heavy atom. The number of para-hydroxylation sites is 2. The number of rotatable bonds is 9. The molecule has 0 saturated carbocycles.